The van der Waals surface area contributed by atoms with Crippen molar-refractivity contribution < 1.29 is 13.9 Å². The first-order chi connectivity index (χ1) is 16.5. The Morgan fingerprint density at radius 3 is 2.38 bits per heavy atom. The second kappa shape index (κ2) is 9.35. The maximum Gasteiger partial charge on any atom is 0.290 e. The molecule has 0 N–H and O–H groups in total. The van der Waals surface area contributed by atoms with Gasteiger partial charge in [0.1, 0.15) is 5.58 Å². The van der Waals surface area contributed by atoms with Crippen molar-refractivity contribution in [3.8, 4) is 0 Å². The molecule has 0 bridgehead atoms. The predicted molar refractivity (Wildman–Crippen MR) is 133 cm³/mol. The summed E-state index contributed by atoms with van der Waals surface area (Å²) >= 11 is 0. The summed E-state index contributed by atoms with van der Waals surface area (Å²) in [6.45, 7) is 10.9. The van der Waals surface area contributed by atoms with Crippen LogP contribution in [0.4, 0.5) is 0 Å². The first-order valence-electron chi connectivity index (χ1n) is 12.3. The lowest BCUT2D eigenvalue weighted by Crippen LogP contribution is -2.38. The third kappa shape index (κ3) is 4.05. The summed E-state index contributed by atoms with van der Waals surface area (Å²) in [5.41, 5.74) is 5.10. The molecule has 0 saturated carbocycles. The van der Waals surface area contributed by atoms with Crippen molar-refractivity contribution in [2.24, 2.45) is 0 Å². The van der Waals surface area contributed by atoms with Crippen LogP contribution in [-0.4, -0.2) is 55.1 Å². The number of aryl methyl sites for hydroxylation is 3. The van der Waals surface area contributed by atoms with Crippen LogP contribution < -0.4 is 5.43 Å². The molecule has 6 heteroatoms. The van der Waals surface area contributed by atoms with Gasteiger partial charge in [0, 0.05) is 26.2 Å². The van der Waals surface area contributed by atoms with Crippen LogP contribution in [0.5, 0.6) is 0 Å². The molecule has 5 rings (SSSR count). The van der Waals surface area contributed by atoms with Crippen molar-refractivity contribution >= 4 is 16.9 Å². The van der Waals surface area contributed by atoms with Crippen LogP contribution in [0.2, 0.25) is 0 Å². The topological polar surface area (TPSA) is 63.0 Å². The van der Waals surface area contributed by atoms with Gasteiger partial charge in [-0.2, -0.15) is 0 Å². The van der Waals surface area contributed by atoms with Gasteiger partial charge in [-0.05, 0) is 61.1 Å². The molecule has 1 amide bonds. The molecule has 0 unspecified atom stereocenters. The molecule has 0 radical (unpaired) electrons. The number of morpholine rings is 1. The van der Waals surface area contributed by atoms with Crippen LogP contribution in [0, 0.1) is 13.8 Å². The quantitative estimate of drug-likeness (QED) is 0.551. The maximum atomic E-state index is 13.7. The molecule has 178 valence electrons. The third-order valence-electron chi connectivity index (χ3n) is 7.26. The summed E-state index contributed by atoms with van der Waals surface area (Å²) < 4.78 is 11.6. The Morgan fingerprint density at radius 1 is 0.971 bits per heavy atom. The van der Waals surface area contributed by atoms with Gasteiger partial charge in [0.25, 0.3) is 5.91 Å². The maximum absolute atomic E-state index is 13.7. The molecule has 2 aliphatic rings. The number of hydrogen-bond donors (Lipinski definition) is 0. The number of nitrogens with zero attached hydrogens (tertiary/aromatic N) is 2. The highest BCUT2D eigenvalue weighted by Crippen LogP contribution is 2.38. The first kappa shape index (κ1) is 22.8. The van der Waals surface area contributed by atoms with Gasteiger partial charge in [-0.1, -0.05) is 31.2 Å². The lowest BCUT2D eigenvalue weighted by Gasteiger charge is -2.29. The molecule has 2 aromatic carbocycles. The Labute approximate surface area is 200 Å². The van der Waals surface area contributed by atoms with Gasteiger partial charge in [0.05, 0.1) is 30.2 Å². The van der Waals surface area contributed by atoms with Gasteiger partial charge in [0.15, 0.2) is 5.43 Å². The van der Waals surface area contributed by atoms with Gasteiger partial charge < -0.3 is 14.1 Å². The lowest BCUT2D eigenvalue weighted by atomic mass is 9.96. The summed E-state index contributed by atoms with van der Waals surface area (Å²) in [6, 6.07) is 11.6. The summed E-state index contributed by atoms with van der Waals surface area (Å²) in [5.74, 6) is -0.00420. The molecule has 1 fully saturated rings. The Morgan fingerprint density at radius 2 is 1.68 bits per heavy atom. The number of rotatable bonds is 6. The number of amides is 1. The molecule has 0 aliphatic carbocycles. The molecular formula is C28H32N2O4. The Bertz CT molecular complexity index is 1270. The molecule has 1 saturated heterocycles. The van der Waals surface area contributed by atoms with Crippen LogP contribution in [-0.2, 0) is 11.2 Å². The average molecular weight is 461 g/mol. The monoisotopic (exact) mass is 460 g/mol. The van der Waals surface area contributed by atoms with Gasteiger partial charge in [0.2, 0.25) is 5.76 Å². The van der Waals surface area contributed by atoms with Gasteiger partial charge >= 0.3 is 0 Å². The zero-order valence-corrected chi connectivity index (χ0v) is 20.2. The molecular weight excluding hydrogens is 428 g/mol. The van der Waals surface area contributed by atoms with Crippen LogP contribution in [0.25, 0.3) is 11.0 Å². The lowest BCUT2D eigenvalue weighted by molar-refractivity contribution is 0.0353. The third-order valence-corrected chi connectivity index (χ3v) is 7.26. The van der Waals surface area contributed by atoms with E-state index in [9.17, 15) is 9.59 Å². The second-order valence-electron chi connectivity index (χ2n) is 9.41. The van der Waals surface area contributed by atoms with Gasteiger partial charge in [-0.15, -0.1) is 0 Å². The Kier molecular flexibility index (Phi) is 6.28. The van der Waals surface area contributed by atoms with Crippen molar-refractivity contribution in [3.63, 3.8) is 0 Å². The molecule has 6 nitrogen and oxygen atoms in total. The zero-order chi connectivity index (χ0) is 23.8. The van der Waals surface area contributed by atoms with E-state index in [1.807, 2.05) is 43.0 Å². The van der Waals surface area contributed by atoms with E-state index in [4.69, 9.17) is 9.15 Å². The van der Waals surface area contributed by atoms with Crippen LogP contribution in [0.15, 0.2) is 45.6 Å². The minimum atomic E-state index is -0.430. The van der Waals surface area contributed by atoms with Crippen molar-refractivity contribution in [2.45, 2.75) is 39.7 Å². The first-order valence-corrected chi connectivity index (χ1v) is 12.3. The molecule has 0 spiro atoms. The largest absolute Gasteiger partial charge is 0.450 e. The number of carbonyl (C=O) groups is 1. The average Bonchev–Trinajstić information content (AvgIpc) is 3.13. The minimum Gasteiger partial charge on any atom is -0.450 e. The van der Waals surface area contributed by atoms with Crippen molar-refractivity contribution in [1.29, 1.82) is 0 Å². The standard InChI is InChI=1S/C28H32N2O4/c1-4-20-6-8-21(9-7-20)25-24-26(31)22-16-18(2)19(3)17-23(22)34-27(24)28(32)30(25)11-5-10-29-12-14-33-15-13-29/h6-9,16-17,25H,4-5,10-15H2,1-3H3/t25-/m1/s1. The summed E-state index contributed by atoms with van der Waals surface area (Å²) in [5, 5.41) is 0.542. The Hall–Kier alpha value is -2.96. The minimum absolute atomic E-state index is 0.104. The molecule has 3 heterocycles. The van der Waals surface area contributed by atoms with Crippen molar-refractivity contribution in [2.75, 3.05) is 39.4 Å². The number of ether oxygens (including phenoxy) is 1. The fraction of sp³-hybridized carbons (Fsp3) is 0.429. The van der Waals surface area contributed by atoms with Crippen LogP contribution in [0.1, 0.15) is 57.8 Å². The van der Waals surface area contributed by atoms with E-state index >= 15 is 0 Å². The number of benzene rings is 2. The van der Waals surface area contributed by atoms with E-state index < -0.39 is 6.04 Å². The summed E-state index contributed by atoms with van der Waals surface area (Å²) in [6.07, 6.45) is 1.77. The SMILES string of the molecule is CCc1ccc([C@@H]2c3c(oc4cc(C)c(C)cc4c3=O)C(=O)N2CCCN2CCOCC2)cc1. The molecule has 2 aliphatic heterocycles. The fourth-order valence-electron chi connectivity index (χ4n) is 5.08. The van der Waals surface area contributed by atoms with E-state index in [-0.39, 0.29) is 17.1 Å². The van der Waals surface area contributed by atoms with E-state index in [1.54, 1.807) is 0 Å². The van der Waals surface area contributed by atoms with Crippen LogP contribution in [0.3, 0.4) is 0 Å². The Balaban J connectivity index is 1.55. The second-order valence-corrected chi connectivity index (χ2v) is 9.41. The van der Waals surface area contributed by atoms with Crippen molar-refractivity contribution in [1.82, 2.24) is 9.80 Å². The highest BCUT2D eigenvalue weighted by Gasteiger charge is 2.42. The smallest absolute Gasteiger partial charge is 0.290 e. The number of carbonyl (C=O) groups excluding carboxylic acids is 1. The van der Waals surface area contributed by atoms with E-state index in [0.717, 1.165) is 62.4 Å². The molecule has 34 heavy (non-hydrogen) atoms. The highest BCUT2D eigenvalue weighted by atomic mass is 16.5. The van der Waals surface area contributed by atoms with Gasteiger partial charge in [-0.25, -0.2) is 0 Å². The molecule has 1 aromatic heterocycles. The van der Waals surface area contributed by atoms with Gasteiger partial charge in [-0.3, -0.25) is 14.5 Å². The summed E-state index contributed by atoms with van der Waals surface area (Å²) in [4.78, 5) is 31.5. The predicted octanol–water partition coefficient (Wildman–Crippen LogP) is 4.24. The molecule has 3 aromatic rings. The van der Waals surface area contributed by atoms with E-state index in [0.29, 0.717) is 23.1 Å². The normalized spacial score (nSPS) is 18.6. The zero-order valence-electron chi connectivity index (χ0n) is 20.2. The highest BCUT2D eigenvalue weighted by molar-refractivity contribution is 5.99. The fourth-order valence-corrected chi connectivity index (χ4v) is 5.08. The van der Waals surface area contributed by atoms with E-state index in [1.165, 1.54) is 5.56 Å². The molecule has 1 atom stereocenters. The van der Waals surface area contributed by atoms with Crippen molar-refractivity contribution in [3.05, 3.63) is 80.2 Å². The van der Waals surface area contributed by atoms with E-state index in [2.05, 4.69) is 24.0 Å². The number of hydrogen-bond acceptors (Lipinski definition) is 5. The van der Waals surface area contributed by atoms with Crippen LogP contribution >= 0.6 is 0 Å². The number of fused-ring (bicyclic) bond motifs is 2. The summed E-state index contributed by atoms with van der Waals surface area (Å²) in [7, 11) is 0.